The van der Waals surface area contributed by atoms with Gasteiger partial charge in [0.25, 0.3) is 0 Å². The number of rotatable bonds is 1. The lowest BCUT2D eigenvalue weighted by Crippen LogP contribution is -2.63. The van der Waals surface area contributed by atoms with Gasteiger partial charge in [-0.15, -0.1) is 0 Å². The Morgan fingerprint density at radius 3 is 2.73 bits per heavy atom. The van der Waals surface area contributed by atoms with Crippen molar-refractivity contribution < 1.29 is 19.7 Å². The molecule has 6 aliphatic carbocycles. The lowest BCUT2D eigenvalue weighted by atomic mass is 9.44. The van der Waals surface area contributed by atoms with Crippen LogP contribution in [0.2, 0.25) is 0 Å². The van der Waals surface area contributed by atoms with Crippen LogP contribution in [0.1, 0.15) is 77.2 Å². The van der Waals surface area contributed by atoms with E-state index in [4.69, 9.17) is 4.74 Å². The van der Waals surface area contributed by atoms with Crippen molar-refractivity contribution in [3.63, 3.8) is 0 Å². The van der Waals surface area contributed by atoms with Crippen LogP contribution in [-0.2, 0) is 16.0 Å². The summed E-state index contributed by atoms with van der Waals surface area (Å²) >= 11 is 0. The SMILES string of the molecule is COC1CC(=O)C2C3CC4CCC5(CC6CSSC7CCCC(O)C7Nc7cccc(c7)CC6C5)C3(C)C4(C)C12O. The summed E-state index contributed by atoms with van der Waals surface area (Å²) in [5.41, 5.74) is 1.30. The second kappa shape index (κ2) is 9.39. The fourth-order valence-electron chi connectivity index (χ4n) is 12.6. The molecule has 0 saturated heterocycles. The molecule has 0 radical (unpaired) electrons. The Labute approximate surface area is 253 Å². The van der Waals surface area contributed by atoms with Crippen molar-refractivity contribution in [2.75, 3.05) is 18.2 Å². The van der Waals surface area contributed by atoms with Crippen molar-refractivity contribution in [2.45, 2.75) is 107 Å². The first-order valence-electron chi connectivity index (χ1n) is 16.3. The molecule has 8 rings (SSSR count). The summed E-state index contributed by atoms with van der Waals surface area (Å²) in [5.74, 6) is 3.09. The first kappa shape index (κ1) is 27.8. The van der Waals surface area contributed by atoms with E-state index in [2.05, 4.69) is 43.4 Å². The minimum Gasteiger partial charge on any atom is -0.391 e. The number of ketones is 1. The summed E-state index contributed by atoms with van der Waals surface area (Å²) in [6, 6.07) is 9.09. The molecule has 6 fully saturated rings. The Morgan fingerprint density at radius 1 is 1.07 bits per heavy atom. The summed E-state index contributed by atoms with van der Waals surface area (Å²) in [4.78, 5) is 13.5. The van der Waals surface area contributed by atoms with Gasteiger partial charge in [-0.2, -0.15) is 0 Å². The summed E-state index contributed by atoms with van der Waals surface area (Å²) in [5, 5.41) is 27.7. The van der Waals surface area contributed by atoms with Gasteiger partial charge in [0.05, 0.1) is 24.2 Å². The average molecular weight is 598 g/mol. The zero-order valence-electron chi connectivity index (χ0n) is 24.8. The van der Waals surface area contributed by atoms with Gasteiger partial charge in [-0.1, -0.05) is 47.6 Å². The maximum absolute atomic E-state index is 13.5. The number of aliphatic hydroxyl groups is 2. The number of anilines is 1. The maximum atomic E-state index is 13.5. The molecular formula is C34H47NO4S2. The number of carbonyl (C=O) groups excluding carboxylic acids is 1. The monoisotopic (exact) mass is 597 g/mol. The Balaban J connectivity index is 1.16. The van der Waals surface area contributed by atoms with Crippen LogP contribution in [0.15, 0.2) is 24.3 Å². The fraction of sp³-hybridized carbons (Fsp3) is 0.794. The molecule has 6 saturated carbocycles. The van der Waals surface area contributed by atoms with Crippen molar-refractivity contribution in [1.82, 2.24) is 0 Å². The predicted molar refractivity (Wildman–Crippen MR) is 166 cm³/mol. The van der Waals surface area contributed by atoms with Crippen LogP contribution < -0.4 is 5.32 Å². The lowest BCUT2D eigenvalue weighted by molar-refractivity contribution is -0.221. The van der Waals surface area contributed by atoms with E-state index in [1.54, 1.807) is 7.11 Å². The van der Waals surface area contributed by atoms with Crippen molar-refractivity contribution >= 4 is 33.1 Å². The molecule has 7 aliphatic rings. The number of ether oxygens (including phenoxy) is 1. The minimum atomic E-state index is -1.04. The third kappa shape index (κ3) is 3.42. The van der Waals surface area contributed by atoms with Gasteiger partial charge < -0.3 is 20.3 Å². The normalized spacial score (nSPS) is 53.7. The van der Waals surface area contributed by atoms with E-state index in [0.29, 0.717) is 29.4 Å². The molecule has 41 heavy (non-hydrogen) atoms. The third-order valence-corrected chi connectivity index (χ3v) is 17.5. The van der Waals surface area contributed by atoms with Crippen LogP contribution in [-0.4, -0.2) is 58.0 Å². The molecule has 1 aromatic rings. The standard InChI is InChI=1S/C34H47NO4S2/c1-31-22-10-11-33(32(31,2)24(14-22)29-26(37)15-28(39-3)34(29,31)38)16-20-12-19-6-4-7-23(13-19)35-30-25(36)8-5-9-27(30)41-40-18-21(20)17-33/h4,6-7,13,20-22,24-25,27-30,35-36,38H,5,8-12,14-18H2,1-3H3. The predicted octanol–water partition coefficient (Wildman–Crippen LogP) is 6.12. The highest BCUT2D eigenvalue weighted by molar-refractivity contribution is 8.77. The van der Waals surface area contributed by atoms with Crippen molar-refractivity contribution in [3.8, 4) is 0 Å². The molecule has 1 heterocycles. The van der Waals surface area contributed by atoms with Crippen molar-refractivity contribution in [2.24, 2.45) is 45.8 Å². The van der Waals surface area contributed by atoms with E-state index in [1.165, 1.54) is 31.2 Å². The van der Waals surface area contributed by atoms with Gasteiger partial charge >= 0.3 is 0 Å². The first-order valence-corrected chi connectivity index (χ1v) is 18.6. The molecule has 0 amide bonds. The highest BCUT2D eigenvalue weighted by atomic mass is 33.1. The number of methoxy groups -OCH3 is 1. The average Bonchev–Trinajstić information content (AvgIpc) is 3.53. The summed E-state index contributed by atoms with van der Waals surface area (Å²) in [6.45, 7) is 4.89. The zero-order chi connectivity index (χ0) is 28.4. The molecule has 1 aromatic carbocycles. The Morgan fingerprint density at radius 2 is 1.90 bits per heavy atom. The third-order valence-electron chi connectivity index (χ3n) is 14.5. The molecule has 0 aromatic heterocycles. The van der Waals surface area contributed by atoms with Gasteiger partial charge in [0, 0.05) is 35.6 Å². The number of Topliss-reactive ketones (excluding diaryl/α,β-unsaturated/α-hetero) is 1. The second-order valence-corrected chi connectivity index (χ2v) is 18.0. The highest BCUT2D eigenvalue weighted by Crippen LogP contribution is 2.86. The molecule has 6 bridgehead atoms. The molecular weight excluding hydrogens is 551 g/mol. The largest absolute Gasteiger partial charge is 0.391 e. The van der Waals surface area contributed by atoms with Gasteiger partial charge in [-0.25, -0.2) is 0 Å². The van der Waals surface area contributed by atoms with E-state index in [1.807, 2.05) is 21.6 Å². The molecule has 13 atom stereocenters. The van der Waals surface area contributed by atoms with Crippen molar-refractivity contribution in [1.29, 1.82) is 0 Å². The topological polar surface area (TPSA) is 78.8 Å². The van der Waals surface area contributed by atoms with E-state index < -0.39 is 5.60 Å². The molecule has 1 spiro atoms. The zero-order valence-corrected chi connectivity index (χ0v) is 26.4. The van der Waals surface area contributed by atoms with E-state index in [9.17, 15) is 15.0 Å². The van der Waals surface area contributed by atoms with Crippen LogP contribution in [0.25, 0.3) is 0 Å². The van der Waals surface area contributed by atoms with Gasteiger partial charge in [-0.05, 0) is 110 Å². The Kier molecular flexibility index (Phi) is 6.36. The molecule has 13 unspecified atom stereocenters. The second-order valence-electron chi connectivity index (χ2n) is 15.4. The van der Waals surface area contributed by atoms with Crippen LogP contribution in [0.3, 0.4) is 0 Å². The number of nitrogens with one attached hydrogen (secondary N) is 1. The molecule has 1 aliphatic heterocycles. The number of aliphatic hydroxyl groups excluding tert-OH is 1. The van der Waals surface area contributed by atoms with Gasteiger partial charge in [-0.3, -0.25) is 4.79 Å². The number of carbonyl (C=O) groups is 1. The number of hydrogen-bond donors (Lipinski definition) is 3. The first-order chi connectivity index (χ1) is 19.7. The maximum Gasteiger partial charge on any atom is 0.141 e. The summed E-state index contributed by atoms with van der Waals surface area (Å²) in [6.07, 6.45) is 9.83. The van der Waals surface area contributed by atoms with E-state index >= 15 is 0 Å². The fourth-order valence-corrected chi connectivity index (χ4v) is 16.0. The quantitative estimate of drug-likeness (QED) is 0.337. The summed E-state index contributed by atoms with van der Waals surface area (Å²) < 4.78 is 5.93. The van der Waals surface area contributed by atoms with Crippen molar-refractivity contribution in [3.05, 3.63) is 29.8 Å². The molecule has 224 valence electrons. The molecule has 3 N–H and O–H groups in total. The minimum absolute atomic E-state index is 0.0596. The van der Waals surface area contributed by atoms with E-state index in [-0.39, 0.29) is 52.1 Å². The van der Waals surface area contributed by atoms with E-state index in [0.717, 1.165) is 43.5 Å². The number of hydrogen-bond acceptors (Lipinski definition) is 7. The Bertz CT molecular complexity index is 1240. The summed E-state index contributed by atoms with van der Waals surface area (Å²) in [7, 11) is 5.75. The Hall–Kier alpha value is -0.730. The van der Waals surface area contributed by atoms with Crippen LogP contribution in [0, 0.1) is 45.8 Å². The number of benzene rings is 1. The smallest absolute Gasteiger partial charge is 0.141 e. The lowest BCUT2D eigenvalue weighted by Gasteiger charge is -2.61. The van der Waals surface area contributed by atoms with Crippen LogP contribution >= 0.6 is 21.6 Å². The molecule has 5 nitrogen and oxygen atoms in total. The van der Waals surface area contributed by atoms with Gasteiger partial charge in [0.15, 0.2) is 0 Å². The van der Waals surface area contributed by atoms with Crippen LogP contribution in [0.5, 0.6) is 0 Å². The van der Waals surface area contributed by atoms with Crippen LogP contribution in [0.4, 0.5) is 5.69 Å². The molecule has 7 heteroatoms. The number of fused-ring (bicyclic) bond motifs is 6. The van der Waals surface area contributed by atoms with Gasteiger partial charge in [0.2, 0.25) is 0 Å². The highest BCUT2D eigenvalue weighted by Gasteiger charge is 2.87. The van der Waals surface area contributed by atoms with Gasteiger partial charge in [0.1, 0.15) is 11.4 Å².